The zero-order valence-electron chi connectivity index (χ0n) is 35.3. The molecule has 6 rings (SSSR count). The smallest absolute Gasteiger partial charge is 0.269 e. The fourth-order valence-electron chi connectivity index (χ4n) is 6.76. The van der Waals surface area contributed by atoms with Gasteiger partial charge in [-0.15, -0.1) is 0 Å². The fourth-order valence-corrected chi connectivity index (χ4v) is 7.44. The zero-order valence-corrected chi connectivity index (χ0v) is 36.2. The second kappa shape index (κ2) is 20.2. The van der Waals surface area contributed by atoms with Crippen LogP contribution in [0.1, 0.15) is 55.7 Å². The maximum absolute atomic E-state index is 13.6. The molecule has 0 spiro atoms. The first kappa shape index (κ1) is 44.7. The molecule has 0 aliphatic carbocycles. The van der Waals surface area contributed by atoms with Crippen molar-refractivity contribution in [2.24, 2.45) is 5.92 Å². The molecular weight excluding hydrogens is 796 g/mol. The van der Waals surface area contributed by atoms with Crippen LogP contribution in [0.15, 0.2) is 122 Å². The van der Waals surface area contributed by atoms with Crippen molar-refractivity contribution >= 4 is 36.2 Å². The third kappa shape index (κ3) is 10.7. The number of nitro benzene ring substituents is 1. The number of rotatable bonds is 21. The number of hydrogen-bond acceptors (Lipinski definition) is 11. The van der Waals surface area contributed by atoms with E-state index in [1.807, 2.05) is 61.5 Å². The number of benzene rings is 4. The van der Waals surface area contributed by atoms with Crippen molar-refractivity contribution < 1.29 is 28.3 Å². The Labute approximate surface area is 356 Å². The van der Waals surface area contributed by atoms with Crippen LogP contribution in [0.3, 0.4) is 0 Å². The summed E-state index contributed by atoms with van der Waals surface area (Å²) in [5.41, 5.74) is 3.78. The number of anilines is 1. The molecule has 1 amide bonds. The van der Waals surface area contributed by atoms with Crippen molar-refractivity contribution in [3.63, 3.8) is 0 Å². The van der Waals surface area contributed by atoms with Gasteiger partial charge in [0.15, 0.2) is 11.2 Å². The van der Waals surface area contributed by atoms with Gasteiger partial charge in [-0.3, -0.25) is 34.7 Å². The van der Waals surface area contributed by atoms with E-state index in [0.717, 1.165) is 22.3 Å². The predicted octanol–water partition coefficient (Wildman–Crippen LogP) is 8.23. The lowest BCUT2D eigenvalue weighted by atomic mass is 9.77. The minimum Gasteiger partial charge on any atom is -0.476 e. The number of nitrogens with zero attached hydrogens (tertiary/aromatic N) is 6. The summed E-state index contributed by atoms with van der Waals surface area (Å²) >= 11 is 0. The number of non-ortho nitro benzene ring substituents is 1. The standard InChI is InChI=1S/C45H53N8O7P/c1-7-39(52-31-46-40-41(52)48-44(49-42(54)32(2)3)50-43(40)58-28-27-33-23-25-37(26-24-33)53(55)56)60-38(30-59-61(6,57)51(4)5)29-47-45(34-17-11-8-12-18-34,35-19-13-9-14-20-35)36-21-15-10-16-22-36/h8-26,31-32,38-39,47H,7,27-30H2,1-6H3,(H,48,49,50,54). The highest BCUT2D eigenvalue weighted by molar-refractivity contribution is 7.55. The Morgan fingerprint density at radius 1 is 0.902 bits per heavy atom. The molecule has 0 bridgehead atoms. The lowest BCUT2D eigenvalue weighted by Crippen LogP contribution is -2.49. The van der Waals surface area contributed by atoms with Crippen molar-refractivity contribution in [3.05, 3.63) is 154 Å². The fraction of sp³-hybridized carbons (Fsp3) is 0.333. The highest BCUT2D eigenvalue weighted by atomic mass is 31.2. The second-order valence-electron chi connectivity index (χ2n) is 15.1. The molecule has 3 unspecified atom stereocenters. The Morgan fingerprint density at radius 3 is 1.98 bits per heavy atom. The van der Waals surface area contributed by atoms with Gasteiger partial charge in [-0.2, -0.15) is 9.97 Å². The summed E-state index contributed by atoms with van der Waals surface area (Å²) in [6.45, 7) is 7.50. The molecule has 0 saturated carbocycles. The number of fused-ring (bicyclic) bond motifs is 1. The lowest BCUT2D eigenvalue weighted by Gasteiger charge is -2.39. The SMILES string of the molecule is CCC(OC(CNC(c1ccccc1)(c1ccccc1)c1ccccc1)COP(C)(=O)N(C)C)n1cnc2c(OCCc3ccc([N+](=O)[O-])cc3)nc(NC(=O)C(C)C)nc21. The maximum Gasteiger partial charge on any atom is 0.269 e. The molecule has 0 aliphatic heterocycles. The third-order valence-electron chi connectivity index (χ3n) is 10.4. The Hall–Kier alpha value is -5.83. The van der Waals surface area contributed by atoms with Crippen molar-refractivity contribution in [2.75, 3.05) is 45.8 Å². The monoisotopic (exact) mass is 848 g/mol. The molecule has 6 aromatic rings. The van der Waals surface area contributed by atoms with E-state index in [4.69, 9.17) is 19.0 Å². The normalized spacial score (nSPS) is 13.8. The van der Waals surface area contributed by atoms with Crippen LogP contribution in [0.2, 0.25) is 0 Å². The molecule has 320 valence electrons. The van der Waals surface area contributed by atoms with Gasteiger partial charge in [0, 0.05) is 37.7 Å². The van der Waals surface area contributed by atoms with Crippen LogP contribution >= 0.6 is 7.52 Å². The Balaban J connectivity index is 1.36. The summed E-state index contributed by atoms with van der Waals surface area (Å²) in [5, 5.41) is 17.8. The molecule has 0 fully saturated rings. The van der Waals surface area contributed by atoms with Gasteiger partial charge in [0.25, 0.3) is 13.2 Å². The number of aromatic nitrogens is 4. The number of hydrogen-bond donors (Lipinski definition) is 2. The highest BCUT2D eigenvalue weighted by Gasteiger charge is 2.37. The molecule has 16 heteroatoms. The van der Waals surface area contributed by atoms with Crippen LogP contribution in [0, 0.1) is 16.0 Å². The molecule has 2 aromatic heterocycles. The Bertz CT molecular complexity index is 2320. The van der Waals surface area contributed by atoms with Gasteiger partial charge < -0.3 is 14.0 Å². The van der Waals surface area contributed by atoms with Crippen molar-refractivity contribution in [1.29, 1.82) is 0 Å². The van der Waals surface area contributed by atoms with Crippen LogP contribution in [0.5, 0.6) is 5.88 Å². The lowest BCUT2D eigenvalue weighted by molar-refractivity contribution is -0.384. The zero-order chi connectivity index (χ0) is 43.6. The number of imidazole rings is 1. The summed E-state index contributed by atoms with van der Waals surface area (Å²) in [4.78, 5) is 37.5. The van der Waals surface area contributed by atoms with Gasteiger partial charge in [0.05, 0.1) is 36.1 Å². The van der Waals surface area contributed by atoms with Gasteiger partial charge in [0.2, 0.25) is 17.7 Å². The molecular formula is C45H53N8O7P. The van der Waals surface area contributed by atoms with Gasteiger partial charge >= 0.3 is 0 Å². The van der Waals surface area contributed by atoms with Crippen LogP contribution in [-0.4, -0.2) is 81.6 Å². The van der Waals surface area contributed by atoms with E-state index in [1.165, 1.54) is 12.1 Å². The molecule has 4 aromatic carbocycles. The number of carbonyl (C=O) groups excluding carboxylic acids is 1. The first-order valence-corrected chi connectivity index (χ1v) is 22.2. The van der Waals surface area contributed by atoms with E-state index in [0.29, 0.717) is 24.0 Å². The number of ether oxygens (including phenoxy) is 2. The summed E-state index contributed by atoms with van der Waals surface area (Å²) in [6, 6.07) is 36.9. The maximum atomic E-state index is 13.6. The van der Waals surface area contributed by atoms with E-state index in [1.54, 1.807) is 62.3 Å². The van der Waals surface area contributed by atoms with Gasteiger partial charge in [-0.1, -0.05) is 124 Å². The molecule has 2 heterocycles. The molecule has 3 atom stereocenters. The third-order valence-corrected chi connectivity index (χ3v) is 12.5. The minimum absolute atomic E-state index is 0.000143. The quantitative estimate of drug-likeness (QED) is 0.0308. The van der Waals surface area contributed by atoms with Crippen LogP contribution in [0.4, 0.5) is 11.6 Å². The molecule has 15 nitrogen and oxygen atoms in total. The van der Waals surface area contributed by atoms with Crippen LogP contribution in [0.25, 0.3) is 11.2 Å². The first-order chi connectivity index (χ1) is 29.3. The molecule has 0 radical (unpaired) electrons. The Morgan fingerprint density at radius 2 is 1.48 bits per heavy atom. The van der Waals surface area contributed by atoms with Gasteiger partial charge in [0.1, 0.15) is 6.23 Å². The number of nitrogens with one attached hydrogen (secondary N) is 2. The van der Waals surface area contributed by atoms with Gasteiger partial charge in [-0.05, 0) is 42.8 Å². The van der Waals surface area contributed by atoms with Gasteiger partial charge in [-0.25, -0.2) is 9.65 Å². The highest BCUT2D eigenvalue weighted by Crippen LogP contribution is 2.45. The van der Waals surface area contributed by atoms with E-state index >= 15 is 0 Å². The van der Waals surface area contributed by atoms with E-state index in [-0.39, 0.29) is 49.1 Å². The van der Waals surface area contributed by atoms with E-state index < -0.39 is 30.3 Å². The van der Waals surface area contributed by atoms with E-state index in [9.17, 15) is 19.5 Å². The second-order valence-corrected chi connectivity index (χ2v) is 17.8. The first-order valence-electron chi connectivity index (χ1n) is 20.2. The molecule has 0 aliphatic rings. The summed E-state index contributed by atoms with van der Waals surface area (Å²) < 4.78 is 36.2. The average molecular weight is 849 g/mol. The number of amides is 1. The van der Waals surface area contributed by atoms with E-state index in [2.05, 4.69) is 57.0 Å². The van der Waals surface area contributed by atoms with Crippen molar-refractivity contribution in [2.45, 2.75) is 51.5 Å². The predicted molar refractivity (Wildman–Crippen MR) is 236 cm³/mol. The molecule has 0 saturated heterocycles. The largest absolute Gasteiger partial charge is 0.476 e. The minimum atomic E-state index is -3.18. The van der Waals surface area contributed by atoms with Crippen LogP contribution < -0.4 is 15.4 Å². The summed E-state index contributed by atoms with van der Waals surface area (Å²) in [5.74, 6) is -0.442. The van der Waals surface area contributed by atoms with Crippen molar-refractivity contribution in [1.82, 2.24) is 29.5 Å². The number of nitro groups is 1. The average Bonchev–Trinajstić information content (AvgIpc) is 3.69. The summed E-state index contributed by atoms with van der Waals surface area (Å²) in [6.07, 6.45) is 1.17. The number of carbonyl (C=O) groups is 1. The molecule has 61 heavy (non-hydrogen) atoms. The topological polar surface area (TPSA) is 176 Å². The van der Waals surface area contributed by atoms with Crippen molar-refractivity contribution in [3.8, 4) is 5.88 Å². The molecule has 2 N–H and O–H groups in total. The van der Waals surface area contributed by atoms with Crippen LogP contribution in [-0.2, 0) is 30.6 Å². The summed E-state index contributed by atoms with van der Waals surface area (Å²) in [7, 11) is 0.248. The Kier molecular flexibility index (Phi) is 14.8.